The van der Waals surface area contributed by atoms with E-state index in [9.17, 15) is 4.79 Å². The molecule has 116 valence electrons. The monoisotopic (exact) mass is 289 g/mol. The lowest BCUT2D eigenvalue weighted by atomic mass is 10.0. The summed E-state index contributed by atoms with van der Waals surface area (Å²) in [6.45, 7) is 12.7. The van der Waals surface area contributed by atoms with E-state index in [0.29, 0.717) is 22.3 Å². The zero-order chi connectivity index (χ0) is 15.7. The van der Waals surface area contributed by atoms with Gasteiger partial charge in [0.05, 0.1) is 17.4 Å². The molecule has 0 spiro atoms. The predicted molar refractivity (Wildman–Crippen MR) is 86.4 cm³/mol. The summed E-state index contributed by atoms with van der Waals surface area (Å²) in [5, 5.41) is 6.34. The number of nitrogens with zero attached hydrogens (tertiary/aromatic N) is 1. The van der Waals surface area contributed by atoms with Gasteiger partial charge in [0.25, 0.3) is 5.91 Å². The molecule has 1 saturated carbocycles. The number of rotatable bonds is 6. The first-order chi connectivity index (χ1) is 9.82. The van der Waals surface area contributed by atoms with Gasteiger partial charge in [-0.2, -0.15) is 0 Å². The standard InChI is InChI=1S/C17H27N3O/c1-6-8-19-13-10-18-9-7-12(13)15(21)20-11-14-16(2,3)17(14,4)5/h7,9-10,14,19H,6,8,11H2,1-5H3,(H,20,21). The van der Waals surface area contributed by atoms with Crippen molar-refractivity contribution >= 4 is 11.6 Å². The van der Waals surface area contributed by atoms with E-state index in [1.54, 1.807) is 18.5 Å². The minimum Gasteiger partial charge on any atom is -0.383 e. The van der Waals surface area contributed by atoms with Crippen LogP contribution in [0.5, 0.6) is 0 Å². The maximum atomic E-state index is 12.4. The number of carbonyl (C=O) groups is 1. The molecule has 21 heavy (non-hydrogen) atoms. The van der Waals surface area contributed by atoms with E-state index in [-0.39, 0.29) is 5.91 Å². The average molecular weight is 289 g/mol. The van der Waals surface area contributed by atoms with Crippen LogP contribution in [0.3, 0.4) is 0 Å². The van der Waals surface area contributed by atoms with Crippen molar-refractivity contribution < 1.29 is 4.79 Å². The molecule has 1 heterocycles. The van der Waals surface area contributed by atoms with E-state index in [0.717, 1.165) is 25.2 Å². The lowest BCUT2D eigenvalue weighted by molar-refractivity contribution is 0.0950. The molecule has 1 aliphatic rings. The Balaban J connectivity index is 1.98. The van der Waals surface area contributed by atoms with Crippen molar-refractivity contribution in [3.8, 4) is 0 Å². The van der Waals surface area contributed by atoms with Crippen molar-refractivity contribution in [3.05, 3.63) is 24.0 Å². The topological polar surface area (TPSA) is 54.0 Å². The van der Waals surface area contributed by atoms with Gasteiger partial charge in [0, 0.05) is 19.3 Å². The normalized spacial score (nSPS) is 19.1. The maximum Gasteiger partial charge on any atom is 0.253 e. The van der Waals surface area contributed by atoms with E-state index in [1.807, 2.05) is 0 Å². The highest BCUT2D eigenvalue weighted by atomic mass is 16.1. The molecule has 0 aromatic carbocycles. The summed E-state index contributed by atoms with van der Waals surface area (Å²) in [5.41, 5.74) is 2.07. The molecule has 0 bridgehead atoms. The van der Waals surface area contributed by atoms with Crippen molar-refractivity contribution in [3.63, 3.8) is 0 Å². The van der Waals surface area contributed by atoms with Gasteiger partial charge in [-0.05, 0) is 29.2 Å². The van der Waals surface area contributed by atoms with Crippen LogP contribution in [0, 0.1) is 16.7 Å². The Morgan fingerprint density at radius 2 is 1.95 bits per heavy atom. The molecule has 4 heteroatoms. The van der Waals surface area contributed by atoms with Crippen molar-refractivity contribution in [1.29, 1.82) is 0 Å². The Hall–Kier alpha value is -1.58. The van der Waals surface area contributed by atoms with E-state index in [2.05, 4.69) is 50.2 Å². The number of anilines is 1. The first-order valence-electron chi connectivity index (χ1n) is 7.78. The number of amides is 1. The third-order valence-corrected chi connectivity index (χ3v) is 5.42. The summed E-state index contributed by atoms with van der Waals surface area (Å²) in [4.78, 5) is 16.5. The molecule has 0 atom stereocenters. The molecule has 4 nitrogen and oxygen atoms in total. The Bertz CT molecular complexity index is 509. The summed E-state index contributed by atoms with van der Waals surface area (Å²) in [6, 6.07) is 1.77. The minimum atomic E-state index is -0.0190. The molecule has 1 aromatic rings. The number of nitrogens with one attached hydrogen (secondary N) is 2. The van der Waals surface area contributed by atoms with Gasteiger partial charge in [-0.3, -0.25) is 9.78 Å². The van der Waals surface area contributed by atoms with Crippen molar-refractivity contribution in [2.45, 2.75) is 41.0 Å². The van der Waals surface area contributed by atoms with Crippen LogP contribution in [-0.2, 0) is 0 Å². The Kier molecular flexibility index (Phi) is 4.26. The smallest absolute Gasteiger partial charge is 0.253 e. The third-order valence-electron chi connectivity index (χ3n) is 5.42. The van der Waals surface area contributed by atoms with Gasteiger partial charge < -0.3 is 10.6 Å². The summed E-state index contributed by atoms with van der Waals surface area (Å²) < 4.78 is 0. The highest BCUT2D eigenvalue weighted by molar-refractivity contribution is 5.99. The first-order valence-corrected chi connectivity index (χ1v) is 7.78. The number of hydrogen-bond acceptors (Lipinski definition) is 3. The highest BCUT2D eigenvalue weighted by Crippen LogP contribution is 2.67. The van der Waals surface area contributed by atoms with E-state index < -0.39 is 0 Å². The van der Waals surface area contributed by atoms with Crippen LogP contribution in [0.4, 0.5) is 5.69 Å². The summed E-state index contributed by atoms with van der Waals surface area (Å²) >= 11 is 0. The second-order valence-electron chi connectivity index (χ2n) is 7.05. The first kappa shape index (κ1) is 15.8. The fourth-order valence-corrected chi connectivity index (χ4v) is 3.13. The average Bonchev–Trinajstić information content (AvgIpc) is 2.84. The molecular formula is C17H27N3O. The molecule has 2 rings (SSSR count). The second-order valence-corrected chi connectivity index (χ2v) is 7.05. The van der Waals surface area contributed by atoms with Crippen LogP contribution in [0.2, 0.25) is 0 Å². The van der Waals surface area contributed by atoms with Gasteiger partial charge in [-0.1, -0.05) is 34.6 Å². The second kappa shape index (κ2) is 5.66. The molecule has 1 amide bonds. The summed E-state index contributed by atoms with van der Waals surface area (Å²) in [7, 11) is 0. The van der Waals surface area contributed by atoms with Crippen LogP contribution < -0.4 is 10.6 Å². The third kappa shape index (κ3) is 2.89. The molecule has 1 aromatic heterocycles. The fourth-order valence-electron chi connectivity index (χ4n) is 3.13. The summed E-state index contributed by atoms with van der Waals surface area (Å²) in [5.74, 6) is 0.511. The van der Waals surface area contributed by atoms with Gasteiger partial charge in [0.1, 0.15) is 0 Å². The maximum absolute atomic E-state index is 12.4. The Morgan fingerprint density at radius 1 is 1.29 bits per heavy atom. The zero-order valence-corrected chi connectivity index (χ0v) is 13.8. The number of hydrogen-bond donors (Lipinski definition) is 2. The number of pyridine rings is 1. The van der Waals surface area contributed by atoms with Gasteiger partial charge in [0.15, 0.2) is 0 Å². The number of aromatic nitrogens is 1. The molecule has 1 aliphatic carbocycles. The lowest BCUT2D eigenvalue weighted by Crippen LogP contribution is -2.28. The largest absolute Gasteiger partial charge is 0.383 e. The number of carbonyl (C=O) groups excluding carboxylic acids is 1. The van der Waals surface area contributed by atoms with Crippen molar-refractivity contribution in [2.24, 2.45) is 16.7 Å². The van der Waals surface area contributed by atoms with Crippen molar-refractivity contribution in [1.82, 2.24) is 10.3 Å². The van der Waals surface area contributed by atoms with Crippen molar-refractivity contribution in [2.75, 3.05) is 18.4 Å². The van der Waals surface area contributed by atoms with E-state index in [4.69, 9.17) is 0 Å². The molecule has 0 radical (unpaired) electrons. The quantitative estimate of drug-likeness (QED) is 0.844. The van der Waals surface area contributed by atoms with Crippen LogP contribution in [0.1, 0.15) is 51.4 Å². The summed E-state index contributed by atoms with van der Waals surface area (Å²) in [6.07, 6.45) is 4.40. The van der Waals surface area contributed by atoms with E-state index >= 15 is 0 Å². The highest BCUT2D eigenvalue weighted by Gasteiger charge is 2.64. The molecule has 0 unspecified atom stereocenters. The Morgan fingerprint density at radius 3 is 2.52 bits per heavy atom. The van der Waals surface area contributed by atoms with Crippen LogP contribution in [0.15, 0.2) is 18.5 Å². The van der Waals surface area contributed by atoms with Gasteiger partial charge in [-0.25, -0.2) is 0 Å². The lowest BCUT2D eigenvalue weighted by Gasteiger charge is -2.11. The Labute approximate surface area is 127 Å². The fraction of sp³-hybridized carbons (Fsp3) is 0.647. The predicted octanol–water partition coefficient (Wildman–Crippen LogP) is 3.32. The van der Waals surface area contributed by atoms with Gasteiger partial charge in [-0.15, -0.1) is 0 Å². The SMILES string of the molecule is CCCNc1cnccc1C(=O)NCC1C(C)(C)C1(C)C. The zero-order valence-electron chi connectivity index (χ0n) is 13.8. The molecule has 2 N–H and O–H groups in total. The molecule has 0 aliphatic heterocycles. The van der Waals surface area contributed by atoms with Crippen LogP contribution in [-0.4, -0.2) is 24.0 Å². The van der Waals surface area contributed by atoms with Gasteiger partial charge in [0.2, 0.25) is 0 Å². The minimum absolute atomic E-state index is 0.0190. The van der Waals surface area contributed by atoms with Gasteiger partial charge >= 0.3 is 0 Å². The van der Waals surface area contributed by atoms with Crippen LogP contribution in [0.25, 0.3) is 0 Å². The molecular weight excluding hydrogens is 262 g/mol. The van der Waals surface area contributed by atoms with Crippen LogP contribution >= 0.6 is 0 Å². The molecule has 0 saturated heterocycles. The molecule has 1 fully saturated rings. The van der Waals surface area contributed by atoms with E-state index in [1.165, 1.54) is 0 Å².